The smallest absolute Gasteiger partial charge is 0.0700 e. The van der Waals surface area contributed by atoms with E-state index in [2.05, 4.69) is 24.1 Å². The van der Waals surface area contributed by atoms with Crippen LogP contribution in [0.1, 0.15) is 33.1 Å². The molecule has 108 valence electrons. The van der Waals surface area contributed by atoms with Gasteiger partial charge < -0.3 is 19.7 Å². The maximum atomic E-state index is 5.51. The van der Waals surface area contributed by atoms with E-state index in [0.717, 1.165) is 32.7 Å². The van der Waals surface area contributed by atoms with Gasteiger partial charge in [-0.25, -0.2) is 0 Å². The SMILES string of the molecule is CCC1(C)CN(CCCOCCOC)CCCN1. The molecule has 0 aromatic heterocycles. The first-order valence-corrected chi connectivity index (χ1v) is 7.24. The summed E-state index contributed by atoms with van der Waals surface area (Å²) in [4.78, 5) is 2.57. The van der Waals surface area contributed by atoms with Crippen molar-refractivity contribution >= 4 is 0 Å². The van der Waals surface area contributed by atoms with Gasteiger partial charge in [0.1, 0.15) is 0 Å². The van der Waals surface area contributed by atoms with Crippen LogP contribution in [0.5, 0.6) is 0 Å². The van der Waals surface area contributed by atoms with E-state index in [-0.39, 0.29) is 5.54 Å². The molecule has 0 saturated carbocycles. The minimum absolute atomic E-state index is 0.285. The molecule has 0 bridgehead atoms. The molecule has 18 heavy (non-hydrogen) atoms. The van der Waals surface area contributed by atoms with Crippen LogP contribution < -0.4 is 5.32 Å². The Kier molecular flexibility index (Phi) is 7.82. The molecule has 1 saturated heterocycles. The molecule has 4 heteroatoms. The third kappa shape index (κ3) is 6.14. The Hall–Kier alpha value is -0.160. The van der Waals surface area contributed by atoms with Gasteiger partial charge in [0.25, 0.3) is 0 Å². The third-order valence-corrected chi connectivity index (χ3v) is 3.75. The van der Waals surface area contributed by atoms with Crippen molar-refractivity contribution in [3.63, 3.8) is 0 Å². The average Bonchev–Trinajstić information content (AvgIpc) is 2.56. The molecule has 4 nitrogen and oxygen atoms in total. The van der Waals surface area contributed by atoms with Crippen molar-refractivity contribution in [2.45, 2.75) is 38.6 Å². The molecule has 0 spiro atoms. The number of methoxy groups -OCH3 is 1. The van der Waals surface area contributed by atoms with Gasteiger partial charge in [0.2, 0.25) is 0 Å². The normalized spacial score (nSPS) is 26.2. The molecule has 1 unspecified atom stereocenters. The van der Waals surface area contributed by atoms with Crippen LogP contribution in [0.4, 0.5) is 0 Å². The lowest BCUT2D eigenvalue weighted by Crippen LogP contribution is -2.48. The monoisotopic (exact) mass is 258 g/mol. The molecule has 0 aliphatic carbocycles. The second-order valence-corrected chi connectivity index (χ2v) is 5.43. The molecule has 0 aromatic carbocycles. The summed E-state index contributed by atoms with van der Waals surface area (Å²) < 4.78 is 10.5. The summed E-state index contributed by atoms with van der Waals surface area (Å²) in [5.41, 5.74) is 0.285. The lowest BCUT2D eigenvalue weighted by atomic mass is 9.98. The van der Waals surface area contributed by atoms with Gasteiger partial charge in [0.15, 0.2) is 0 Å². The van der Waals surface area contributed by atoms with Crippen molar-refractivity contribution in [2.24, 2.45) is 0 Å². The van der Waals surface area contributed by atoms with Crippen molar-refractivity contribution in [2.75, 3.05) is 53.1 Å². The van der Waals surface area contributed by atoms with E-state index in [9.17, 15) is 0 Å². The van der Waals surface area contributed by atoms with Crippen LogP contribution in [0.3, 0.4) is 0 Å². The number of nitrogens with zero attached hydrogens (tertiary/aromatic N) is 1. The predicted molar refractivity (Wildman–Crippen MR) is 75.1 cm³/mol. The van der Waals surface area contributed by atoms with Gasteiger partial charge in [0.05, 0.1) is 13.2 Å². The molecule has 0 radical (unpaired) electrons. The Morgan fingerprint density at radius 2 is 2.11 bits per heavy atom. The van der Waals surface area contributed by atoms with E-state index in [1.54, 1.807) is 7.11 Å². The Bertz CT molecular complexity index is 214. The van der Waals surface area contributed by atoms with Crippen molar-refractivity contribution in [3.05, 3.63) is 0 Å². The van der Waals surface area contributed by atoms with E-state index in [0.29, 0.717) is 13.2 Å². The van der Waals surface area contributed by atoms with E-state index >= 15 is 0 Å². The van der Waals surface area contributed by atoms with E-state index in [1.807, 2.05) is 0 Å². The summed E-state index contributed by atoms with van der Waals surface area (Å²) in [6.45, 7) is 11.5. The van der Waals surface area contributed by atoms with Gasteiger partial charge in [-0.05, 0) is 39.3 Å². The summed E-state index contributed by atoms with van der Waals surface area (Å²) in [6.07, 6.45) is 3.55. The third-order valence-electron chi connectivity index (χ3n) is 3.75. The second-order valence-electron chi connectivity index (χ2n) is 5.43. The van der Waals surface area contributed by atoms with E-state index in [4.69, 9.17) is 9.47 Å². The minimum atomic E-state index is 0.285. The van der Waals surface area contributed by atoms with Gasteiger partial charge >= 0.3 is 0 Å². The molecule has 1 rings (SSSR count). The molecule has 1 atom stereocenters. The Labute approximate surface area is 112 Å². The molecule has 1 fully saturated rings. The lowest BCUT2D eigenvalue weighted by Gasteiger charge is -2.32. The topological polar surface area (TPSA) is 33.7 Å². The molecule has 1 heterocycles. The zero-order chi connectivity index (χ0) is 13.3. The fraction of sp³-hybridized carbons (Fsp3) is 1.00. The molecule has 1 aliphatic rings. The largest absolute Gasteiger partial charge is 0.382 e. The van der Waals surface area contributed by atoms with Crippen LogP contribution in [0.15, 0.2) is 0 Å². The predicted octanol–water partition coefficient (Wildman–Crippen LogP) is 1.50. The van der Waals surface area contributed by atoms with Crippen LogP contribution in [-0.4, -0.2) is 63.5 Å². The molecule has 1 aliphatic heterocycles. The second kappa shape index (κ2) is 8.86. The highest BCUT2D eigenvalue weighted by Gasteiger charge is 2.26. The number of ether oxygens (including phenoxy) is 2. The first-order chi connectivity index (χ1) is 8.70. The Balaban J connectivity index is 2.16. The zero-order valence-corrected chi connectivity index (χ0v) is 12.3. The minimum Gasteiger partial charge on any atom is -0.382 e. The van der Waals surface area contributed by atoms with Crippen molar-refractivity contribution < 1.29 is 9.47 Å². The first-order valence-electron chi connectivity index (χ1n) is 7.24. The fourth-order valence-corrected chi connectivity index (χ4v) is 2.38. The summed E-state index contributed by atoms with van der Waals surface area (Å²) in [7, 11) is 1.71. The van der Waals surface area contributed by atoms with Crippen LogP contribution >= 0.6 is 0 Å². The molecule has 0 amide bonds. The van der Waals surface area contributed by atoms with Gasteiger partial charge in [-0.1, -0.05) is 6.92 Å². The fourth-order valence-electron chi connectivity index (χ4n) is 2.38. The van der Waals surface area contributed by atoms with Crippen LogP contribution in [0.2, 0.25) is 0 Å². The molecular weight excluding hydrogens is 228 g/mol. The van der Waals surface area contributed by atoms with E-state index < -0.39 is 0 Å². The van der Waals surface area contributed by atoms with Gasteiger partial charge in [0, 0.05) is 32.3 Å². The molecule has 1 N–H and O–H groups in total. The summed E-state index contributed by atoms with van der Waals surface area (Å²) >= 11 is 0. The number of nitrogens with one attached hydrogen (secondary N) is 1. The average molecular weight is 258 g/mol. The Morgan fingerprint density at radius 3 is 2.83 bits per heavy atom. The highest BCUT2D eigenvalue weighted by Crippen LogP contribution is 2.15. The maximum Gasteiger partial charge on any atom is 0.0700 e. The van der Waals surface area contributed by atoms with Crippen LogP contribution in [0, 0.1) is 0 Å². The van der Waals surface area contributed by atoms with Gasteiger partial charge in [-0.2, -0.15) is 0 Å². The van der Waals surface area contributed by atoms with Crippen molar-refractivity contribution in [1.82, 2.24) is 10.2 Å². The van der Waals surface area contributed by atoms with Crippen LogP contribution in [0.25, 0.3) is 0 Å². The number of rotatable bonds is 8. The van der Waals surface area contributed by atoms with Crippen LogP contribution in [-0.2, 0) is 9.47 Å². The van der Waals surface area contributed by atoms with Crippen molar-refractivity contribution in [3.8, 4) is 0 Å². The zero-order valence-electron chi connectivity index (χ0n) is 12.3. The van der Waals surface area contributed by atoms with Crippen molar-refractivity contribution in [1.29, 1.82) is 0 Å². The molecular formula is C14H30N2O2. The van der Waals surface area contributed by atoms with Gasteiger partial charge in [-0.15, -0.1) is 0 Å². The Morgan fingerprint density at radius 1 is 1.28 bits per heavy atom. The summed E-state index contributed by atoms with van der Waals surface area (Å²) in [6, 6.07) is 0. The number of hydrogen-bond acceptors (Lipinski definition) is 4. The van der Waals surface area contributed by atoms with E-state index in [1.165, 1.54) is 19.4 Å². The summed E-state index contributed by atoms with van der Waals surface area (Å²) in [5, 5.41) is 3.67. The highest BCUT2D eigenvalue weighted by atomic mass is 16.5. The first kappa shape index (κ1) is 15.9. The quantitative estimate of drug-likeness (QED) is 0.669. The lowest BCUT2D eigenvalue weighted by molar-refractivity contribution is 0.0643. The standard InChI is InChI=1S/C14H30N2O2/c1-4-14(2)13-16(8-5-7-15-14)9-6-10-18-12-11-17-3/h15H,4-13H2,1-3H3. The molecule has 0 aromatic rings. The highest BCUT2D eigenvalue weighted by molar-refractivity contribution is 4.87. The maximum absolute atomic E-state index is 5.51. The summed E-state index contributed by atoms with van der Waals surface area (Å²) in [5.74, 6) is 0. The van der Waals surface area contributed by atoms with Gasteiger partial charge in [-0.3, -0.25) is 0 Å². The number of hydrogen-bond donors (Lipinski definition) is 1.